The molecule has 13 heteroatoms. The number of benzene rings is 12. The predicted octanol–water partition coefficient (Wildman–Crippen LogP) is 23.5. The molecule has 20 rings (SSSR count). The Bertz CT molecular complexity index is 6000. The first-order chi connectivity index (χ1) is 50.9. The van der Waals surface area contributed by atoms with Crippen molar-refractivity contribution in [2.75, 3.05) is 0 Å². The summed E-state index contributed by atoms with van der Waals surface area (Å²) in [5.74, 6) is 0.0273. The number of phenolic OH excluding ortho intramolecular Hbond substituents is 1. The van der Waals surface area contributed by atoms with E-state index >= 15 is 0 Å². The van der Waals surface area contributed by atoms with Crippen molar-refractivity contribution in [1.29, 1.82) is 0 Å². The first-order valence-electron chi connectivity index (χ1n) is 34.5. The number of para-hydroxylation sites is 1. The molecule has 545 valence electrons. The fraction of sp³-hybridized carbons (Fsp3) is 0.0625. The van der Waals surface area contributed by atoms with Crippen LogP contribution in [0.1, 0.15) is 49.9 Å². The van der Waals surface area contributed by atoms with Gasteiger partial charge in [-0.2, -0.15) is 0 Å². The summed E-state index contributed by atoms with van der Waals surface area (Å²) < 4.78 is 13.0. The summed E-state index contributed by atoms with van der Waals surface area (Å²) in [7, 11) is 0. The van der Waals surface area contributed by atoms with E-state index in [0.29, 0.717) is 0 Å². The first kappa shape index (κ1) is 81.6. The molecule has 0 bridgehead atoms. The molecule has 6 aromatic heterocycles. The molecule has 0 aliphatic heterocycles. The Morgan fingerprint density at radius 3 is 1.25 bits per heavy atom. The Kier molecular flexibility index (Phi) is 27.7. The molecule has 18 aromatic rings. The van der Waals surface area contributed by atoms with E-state index in [1.165, 1.54) is 88.2 Å². The molecule has 6 heterocycles. The van der Waals surface area contributed by atoms with Gasteiger partial charge in [0.2, 0.25) is 0 Å². The van der Waals surface area contributed by atoms with Crippen molar-refractivity contribution in [2.45, 2.75) is 38.5 Å². The normalized spacial score (nSPS) is 11.7. The molecular formula is C96H68FIr5N6O-5. The molecule has 2 aliphatic carbocycles. The van der Waals surface area contributed by atoms with E-state index in [2.05, 4.69) is 199 Å². The van der Waals surface area contributed by atoms with E-state index < -0.39 is 0 Å². The number of aromatic nitrogens is 6. The van der Waals surface area contributed by atoms with Crippen LogP contribution >= 0.6 is 0 Å². The van der Waals surface area contributed by atoms with Gasteiger partial charge in [-0.15, -0.1) is 172 Å². The topological polar surface area (TPSA) is 97.6 Å². The number of rotatable bonds is 4. The molecule has 109 heavy (non-hydrogen) atoms. The van der Waals surface area contributed by atoms with Crippen LogP contribution < -0.4 is 0 Å². The van der Waals surface area contributed by atoms with E-state index in [1.54, 1.807) is 30.6 Å². The van der Waals surface area contributed by atoms with Crippen LogP contribution in [0.2, 0.25) is 0 Å². The molecule has 5 radical (unpaired) electrons. The van der Waals surface area contributed by atoms with Gasteiger partial charge >= 0.3 is 0 Å². The predicted molar refractivity (Wildman–Crippen MR) is 423 cm³/mol. The van der Waals surface area contributed by atoms with Crippen LogP contribution in [0.4, 0.5) is 4.39 Å². The molecule has 0 saturated heterocycles. The van der Waals surface area contributed by atoms with Gasteiger partial charge in [-0.05, 0) is 124 Å². The Balaban J connectivity index is 0.000000139. The van der Waals surface area contributed by atoms with Crippen LogP contribution in [-0.2, 0) is 111 Å². The van der Waals surface area contributed by atoms with Crippen LogP contribution in [0, 0.1) is 36.1 Å². The van der Waals surface area contributed by atoms with Crippen molar-refractivity contribution in [3.8, 4) is 73.3 Å². The standard InChI is InChI=1S/C22H16N.C18H14N.C15H9FN.2C15H10N.C11H9NO.5Ir/c1-22(2)18-12-6-9-14-8-5-11-17(19(14)18)21-20(22)16-10-4-3-7-15(16)13-23-21;1-18(2)15-10-6-5-9-14(15)17-16(18)13-8-4-3-7-12(13)11-19-17;16-14-7-6-12-9-15(17-10-13(12)8-14)11-4-2-1-3-5-11;2*1-2-6-12(7-3-1)15-10-13-8-4-5-9-14(13)11-16-15;13-11-7-2-1-5-9(11)10-6-3-4-8-12-10;;;;;/h3-10,12-13H,1-2H3;3-8,10-11H,1-2H3;1-4,6-10H;2*1-6,8-11H;1-8,13H;;;;;/q5*-1;;;;;;. The van der Waals surface area contributed by atoms with Gasteiger partial charge in [-0.25, -0.2) is 4.39 Å². The average molecular weight is 2300 g/mol. The molecule has 0 unspecified atom stereocenters. The van der Waals surface area contributed by atoms with Crippen LogP contribution in [0.25, 0.3) is 132 Å². The van der Waals surface area contributed by atoms with Crippen molar-refractivity contribution in [3.63, 3.8) is 0 Å². The minimum absolute atomic E-state index is 0. The summed E-state index contributed by atoms with van der Waals surface area (Å²) in [4.78, 5) is 26.9. The smallest absolute Gasteiger partial charge is 0.124 e. The molecule has 1 N–H and O–H groups in total. The molecule has 7 nitrogen and oxygen atoms in total. The maximum absolute atomic E-state index is 13.0. The Hall–Kier alpha value is -9.92. The first-order valence-corrected chi connectivity index (χ1v) is 34.5. The molecule has 0 spiro atoms. The number of nitrogens with zero attached hydrogens (tertiary/aromatic N) is 6. The summed E-state index contributed by atoms with van der Waals surface area (Å²) in [6.45, 7) is 9.18. The van der Waals surface area contributed by atoms with Crippen molar-refractivity contribution in [1.82, 2.24) is 29.9 Å². The minimum Gasteiger partial charge on any atom is -0.507 e. The largest absolute Gasteiger partial charge is 0.507 e. The van der Waals surface area contributed by atoms with Gasteiger partial charge in [0.15, 0.2) is 0 Å². The quantitative estimate of drug-likeness (QED) is 0.175. The number of pyridine rings is 6. The minimum atomic E-state index is -0.238. The number of fused-ring (bicyclic) bond motifs is 12. The molecule has 0 amide bonds. The van der Waals surface area contributed by atoms with Gasteiger partial charge in [0.25, 0.3) is 0 Å². The fourth-order valence-electron chi connectivity index (χ4n) is 14.0. The van der Waals surface area contributed by atoms with E-state index in [-0.39, 0.29) is 123 Å². The van der Waals surface area contributed by atoms with Crippen molar-refractivity contribution >= 4 is 64.6 Å². The number of hydrogen-bond donors (Lipinski definition) is 1. The van der Waals surface area contributed by atoms with Gasteiger partial charge < -0.3 is 30.0 Å². The molecule has 0 atom stereocenters. The molecular weight excluding hydrogens is 2230 g/mol. The van der Waals surface area contributed by atoms with Crippen molar-refractivity contribution in [3.05, 3.63) is 393 Å². The fourth-order valence-corrected chi connectivity index (χ4v) is 14.0. The Labute approximate surface area is 702 Å². The second kappa shape index (κ2) is 37.0. The zero-order valence-corrected chi connectivity index (χ0v) is 71.4. The second-order valence-corrected chi connectivity index (χ2v) is 26.4. The second-order valence-electron chi connectivity index (χ2n) is 26.4. The SMILES string of the molecule is CC1(C)c2c(ncc3ccccc23)-c2[c-]ccc3cccc1c23.CC1(C)c2ccc[c-]c2-c2ncc3ccccc3c21.Fc1ccc2cc(-c3[c-]cccc3)ncc2c1.Oc1ccccc1-c1ccccn1.[Ir].[Ir].[Ir].[Ir].[Ir].[c-]1ccccc1-c1cc2ccccc2cn1.[c-]1ccccc1-c1cc2ccccc2cn1. The van der Waals surface area contributed by atoms with E-state index in [4.69, 9.17) is 9.97 Å². The summed E-state index contributed by atoms with van der Waals surface area (Å²) in [6, 6.07) is 114. The van der Waals surface area contributed by atoms with Crippen molar-refractivity contribution in [2.24, 2.45) is 0 Å². The number of aromatic hydroxyl groups is 1. The van der Waals surface area contributed by atoms with Gasteiger partial charge in [0.05, 0.1) is 5.69 Å². The Morgan fingerprint density at radius 1 is 0.303 bits per heavy atom. The summed E-state index contributed by atoms with van der Waals surface area (Å²) >= 11 is 0. The van der Waals surface area contributed by atoms with E-state index in [0.717, 1.165) is 78.3 Å². The zero-order valence-electron chi connectivity index (χ0n) is 59.4. The van der Waals surface area contributed by atoms with Crippen LogP contribution in [-0.4, -0.2) is 35.0 Å². The van der Waals surface area contributed by atoms with Gasteiger partial charge in [-0.3, -0.25) is 4.98 Å². The molecule has 0 fully saturated rings. The maximum atomic E-state index is 13.0. The summed E-state index contributed by atoms with van der Waals surface area (Å²) in [5, 5.41) is 23.7. The maximum Gasteiger partial charge on any atom is 0.124 e. The van der Waals surface area contributed by atoms with Crippen LogP contribution in [0.5, 0.6) is 5.75 Å². The molecule has 0 saturated carbocycles. The summed E-state index contributed by atoms with van der Waals surface area (Å²) in [6.07, 6.45) is 11.2. The third-order valence-corrected chi connectivity index (χ3v) is 19.1. The zero-order chi connectivity index (χ0) is 71.0. The van der Waals surface area contributed by atoms with Gasteiger partial charge in [0, 0.05) is 154 Å². The summed E-state index contributed by atoms with van der Waals surface area (Å²) in [5.41, 5.74) is 17.1. The van der Waals surface area contributed by atoms with Gasteiger partial charge in [-0.1, -0.05) is 202 Å². The molecule has 2 aliphatic rings. The van der Waals surface area contributed by atoms with Crippen LogP contribution in [0.3, 0.4) is 0 Å². The number of halogens is 1. The average Bonchev–Trinajstić information content (AvgIpc) is 1.59. The van der Waals surface area contributed by atoms with Gasteiger partial charge in [0.1, 0.15) is 11.6 Å². The van der Waals surface area contributed by atoms with Crippen LogP contribution in [0.15, 0.2) is 334 Å². The Morgan fingerprint density at radius 2 is 0.725 bits per heavy atom. The van der Waals surface area contributed by atoms with Crippen molar-refractivity contribution < 1.29 is 110 Å². The van der Waals surface area contributed by atoms with E-state index in [9.17, 15) is 9.50 Å². The third kappa shape index (κ3) is 17.7. The monoisotopic (exact) mass is 2300 g/mol. The number of phenols is 1. The third-order valence-electron chi connectivity index (χ3n) is 19.1. The number of hydrogen-bond acceptors (Lipinski definition) is 7. The van der Waals surface area contributed by atoms with E-state index in [1.807, 2.05) is 170 Å². The molecule has 12 aromatic carbocycles.